The Morgan fingerprint density at radius 3 is 2.22 bits per heavy atom. The van der Waals surface area contributed by atoms with E-state index in [1.54, 1.807) is 6.07 Å². The number of ether oxygens (including phenoxy) is 1. The molecule has 0 amide bonds. The first-order valence-electron chi connectivity index (χ1n) is 8.24. The maximum atomic E-state index is 13.9. The summed E-state index contributed by atoms with van der Waals surface area (Å²) in [7, 11) is 0. The third-order valence-corrected chi connectivity index (χ3v) is 4.47. The molecule has 132 valence electrons. The molecule has 27 heavy (non-hydrogen) atoms. The summed E-state index contributed by atoms with van der Waals surface area (Å²) in [6.45, 7) is 0. The molecule has 1 aliphatic rings. The van der Waals surface area contributed by atoms with Crippen molar-refractivity contribution in [2.45, 2.75) is 0 Å². The van der Waals surface area contributed by atoms with Crippen LogP contribution in [0, 0.1) is 5.82 Å². The monoisotopic (exact) mass is 377 g/mol. The van der Waals surface area contributed by atoms with Crippen LogP contribution in [0.1, 0.15) is 11.1 Å². The van der Waals surface area contributed by atoms with Gasteiger partial charge in [0.25, 0.3) is 0 Å². The Hall–Kier alpha value is -3.24. The average Bonchev–Trinajstić information content (AvgIpc) is 3.06. The summed E-state index contributed by atoms with van der Waals surface area (Å²) >= 11 is 6.00. The number of halogens is 2. The Labute approximate surface area is 160 Å². The summed E-state index contributed by atoms with van der Waals surface area (Å²) < 4.78 is 19.2. The van der Waals surface area contributed by atoms with Crippen molar-refractivity contribution in [3.05, 3.63) is 100 Å². The van der Waals surface area contributed by atoms with E-state index in [0.29, 0.717) is 5.56 Å². The molecule has 3 aromatic rings. The third kappa shape index (κ3) is 3.52. The first-order chi connectivity index (χ1) is 13.1. The Balaban J connectivity index is 1.64. The Morgan fingerprint density at radius 1 is 0.852 bits per heavy atom. The van der Waals surface area contributed by atoms with Crippen LogP contribution < -0.4 is 0 Å². The molecule has 0 unspecified atom stereocenters. The lowest BCUT2D eigenvalue weighted by molar-refractivity contribution is -0.129. The number of carbonyl (C=O) groups excluding carboxylic acids is 1. The van der Waals surface area contributed by atoms with E-state index in [1.165, 1.54) is 18.2 Å². The second-order valence-corrected chi connectivity index (χ2v) is 6.32. The highest BCUT2D eigenvalue weighted by atomic mass is 35.5. The molecule has 0 fully saturated rings. The SMILES string of the molecule is O=C1OC(c2ccc(-c3ccccc3)cc2)=N/C1=C/c1c(F)cccc1Cl. The van der Waals surface area contributed by atoms with Gasteiger partial charge in [-0.3, -0.25) is 0 Å². The van der Waals surface area contributed by atoms with Crippen molar-refractivity contribution in [3.8, 4) is 11.1 Å². The van der Waals surface area contributed by atoms with Gasteiger partial charge in [-0.05, 0) is 41.5 Å². The zero-order valence-corrected chi connectivity index (χ0v) is 14.8. The molecule has 0 radical (unpaired) electrons. The molecule has 0 aliphatic carbocycles. The van der Waals surface area contributed by atoms with Crippen molar-refractivity contribution >= 4 is 29.5 Å². The first kappa shape index (κ1) is 17.2. The fourth-order valence-electron chi connectivity index (χ4n) is 2.75. The second-order valence-electron chi connectivity index (χ2n) is 5.91. The predicted molar refractivity (Wildman–Crippen MR) is 104 cm³/mol. The highest BCUT2D eigenvalue weighted by Crippen LogP contribution is 2.26. The van der Waals surface area contributed by atoms with Gasteiger partial charge in [-0.15, -0.1) is 0 Å². The number of hydrogen-bond acceptors (Lipinski definition) is 3. The van der Waals surface area contributed by atoms with Crippen molar-refractivity contribution in [1.82, 2.24) is 0 Å². The van der Waals surface area contributed by atoms with Gasteiger partial charge >= 0.3 is 5.97 Å². The molecule has 0 N–H and O–H groups in total. The van der Waals surface area contributed by atoms with E-state index in [0.717, 1.165) is 11.1 Å². The normalized spacial score (nSPS) is 15.0. The van der Waals surface area contributed by atoms with Crippen LogP contribution in [0.3, 0.4) is 0 Å². The number of carbonyl (C=O) groups is 1. The molecule has 0 saturated carbocycles. The molecule has 4 rings (SSSR count). The third-order valence-electron chi connectivity index (χ3n) is 4.14. The summed E-state index contributed by atoms with van der Waals surface area (Å²) in [6.07, 6.45) is 1.30. The Kier molecular flexibility index (Phi) is 4.57. The van der Waals surface area contributed by atoms with Crippen molar-refractivity contribution in [1.29, 1.82) is 0 Å². The lowest BCUT2D eigenvalue weighted by Crippen LogP contribution is -2.05. The summed E-state index contributed by atoms with van der Waals surface area (Å²) in [5.41, 5.74) is 2.90. The van der Waals surface area contributed by atoms with Crippen LogP contribution in [0.25, 0.3) is 17.2 Å². The molecule has 1 heterocycles. The van der Waals surface area contributed by atoms with Gasteiger partial charge in [0.2, 0.25) is 5.90 Å². The smallest absolute Gasteiger partial charge is 0.363 e. The lowest BCUT2D eigenvalue weighted by Gasteiger charge is -2.03. The van der Waals surface area contributed by atoms with Crippen LogP contribution in [0.15, 0.2) is 83.5 Å². The first-order valence-corrected chi connectivity index (χ1v) is 8.62. The van der Waals surface area contributed by atoms with Gasteiger partial charge in [0.15, 0.2) is 5.70 Å². The number of benzene rings is 3. The van der Waals surface area contributed by atoms with Gasteiger partial charge in [0.05, 0.1) is 5.02 Å². The fraction of sp³-hybridized carbons (Fsp3) is 0. The summed E-state index contributed by atoms with van der Waals surface area (Å²) in [5.74, 6) is -0.992. The van der Waals surface area contributed by atoms with Crippen LogP contribution in [0.5, 0.6) is 0 Å². The van der Waals surface area contributed by atoms with Crippen molar-refractivity contribution in [2.24, 2.45) is 4.99 Å². The van der Waals surface area contributed by atoms with Gasteiger partial charge < -0.3 is 4.74 Å². The number of hydrogen-bond donors (Lipinski definition) is 0. The van der Waals surface area contributed by atoms with Crippen LogP contribution in [0.2, 0.25) is 5.02 Å². The molecule has 0 aromatic heterocycles. The summed E-state index contributed by atoms with van der Waals surface area (Å²) in [5, 5.41) is 0.200. The molecule has 0 bridgehead atoms. The number of aliphatic imine (C=N–C) groups is 1. The fourth-order valence-corrected chi connectivity index (χ4v) is 2.97. The zero-order valence-electron chi connectivity index (χ0n) is 14.0. The van der Waals surface area contributed by atoms with E-state index in [-0.39, 0.29) is 22.2 Å². The molecule has 5 heteroatoms. The maximum absolute atomic E-state index is 13.9. The lowest BCUT2D eigenvalue weighted by atomic mass is 10.0. The van der Waals surface area contributed by atoms with Gasteiger partial charge in [-0.2, -0.15) is 0 Å². The molecular weight excluding hydrogens is 365 g/mol. The minimum atomic E-state index is -0.642. The van der Waals surface area contributed by atoms with E-state index in [9.17, 15) is 9.18 Å². The van der Waals surface area contributed by atoms with E-state index in [1.807, 2.05) is 54.6 Å². The second kappa shape index (κ2) is 7.17. The van der Waals surface area contributed by atoms with E-state index < -0.39 is 11.8 Å². The molecule has 3 nitrogen and oxygen atoms in total. The van der Waals surface area contributed by atoms with Gasteiger partial charge in [-0.1, -0.05) is 60.1 Å². The highest BCUT2D eigenvalue weighted by Gasteiger charge is 2.25. The Morgan fingerprint density at radius 2 is 1.52 bits per heavy atom. The highest BCUT2D eigenvalue weighted by molar-refractivity contribution is 6.32. The standard InChI is InChI=1S/C22H13ClFNO2/c23-18-7-4-8-19(24)17(18)13-20-22(26)27-21(25-20)16-11-9-15(10-12-16)14-5-2-1-3-6-14/h1-13H/b20-13+. The van der Waals surface area contributed by atoms with Gasteiger partial charge in [0.1, 0.15) is 5.82 Å². The number of rotatable bonds is 3. The molecule has 1 aliphatic heterocycles. The van der Waals surface area contributed by atoms with Crippen LogP contribution >= 0.6 is 11.6 Å². The maximum Gasteiger partial charge on any atom is 0.363 e. The van der Waals surface area contributed by atoms with E-state index in [4.69, 9.17) is 16.3 Å². The van der Waals surface area contributed by atoms with Crippen molar-refractivity contribution < 1.29 is 13.9 Å². The van der Waals surface area contributed by atoms with Crippen LogP contribution in [0.4, 0.5) is 4.39 Å². The summed E-state index contributed by atoms with van der Waals surface area (Å²) in [6, 6.07) is 21.7. The van der Waals surface area contributed by atoms with Gasteiger partial charge in [0, 0.05) is 11.1 Å². The predicted octanol–water partition coefficient (Wildman–Crippen LogP) is 5.49. The van der Waals surface area contributed by atoms with Crippen LogP contribution in [-0.4, -0.2) is 11.9 Å². The zero-order chi connectivity index (χ0) is 18.8. The average molecular weight is 378 g/mol. The summed E-state index contributed by atoms with van der Waals surface area (Å²) in [4.78, 5) is 16.3. The van der Waals surface area contributed by atoms with E-state index in [2.05, 4.69) is 4.99 Å². The van der Waals surface area contributed by atoms with Crippen LogP contribution in [-0.2, 0) is 9.53 Å². The minimum Gasteiger partial charge on any atom is -0.402 e. The topological polar surface area (TPSA) is 38.7 Å². The van der Waals surface area contributed by atoms with Crippen molar-refractivity contribution in [3.63, 3.8) is 0 Å². The minimum absolute atomic E-state index is 0.00383. The number of cyclic esters (lactones) is 1. The van der Waals surface area contributed by atoms with Crippen molar-refractivity contribution in [2.75, 3.05) is 0 Å². The van der Waals surface area contributed by atoms with E-state index >= 15 is 0 Å². The number of nitrogens with zero attached hydrogens (tertiary/aromatic N) is 1. The molecule has 0 spiro atoms. The largest absolute Gasteiger partial charge is 0.402 e. The van der Waals surface area contributed by atoms with Gasteiger partial charge in [-0.25, -0.2) is 14.2 Å². The quantitative estimate of drug-likeness (QED) is 0.447. The molecule has 0 saturated heterocycles. The molecule has 3 aromatic carbocycles. The number of esters is 1. The molecular formula is C22H13ClFNO2. The Bertz CT molecular complexity index is 1050. The molecule has 0 atom stereocenters.